The highest BCUT2D eigenvalue weighted by Crippen LogP contribution is 2.30. The Labute approximate surface area is 271 Å². The summed E-state index contributed by atoms with van der Waals surface area (Å²) >= 11 is 0. The van der Waals surface area contributed by atoms with Crippen molar-refractivity contribution >= 4 is 50.9 Å². The lowest BCUT2D eigenvalue weighted by atomic mass is 10.2. The lowest BCUT2D eigenvalue weighted by molar-refractivity contribution is 0.0733. The SMILES string of the molecule is Cc1cc(OCCCONC(=N)N)cc(OS(=O)(=O)c2ccccc2S(=O)(=O)N(CCN(C)C)Cc2ccccc2)c1.Cl.Cl. The van der Waals surface area contributed by atoms with Crippen molar-refractivity contribution in [3.8, 4) is 11.5 Å². The predicted octanol–water partition coefficient (Wildman–Crippen LogP) is 3.54. The quantitative estimate of drug-likeness (QED) is 0.0665. The summed E-state index contributed by atoms with van der Waals surface area (Å²) in [5.74, 6) is 0.0169. The molecule has 3 aromatic rings. The molecule has 244 valence electrons. The third-order valence-corrected chi connectivity index (χ3v) is 9.15. The molecule has 12 nitrogen and oxygen atoms in total. The molecule has 0 aliphatic carbocycles. The molecule has 0 radical (unpaired) electrons. The Hall–Kier alpha value is -3.11. The number of sulfonamides is 1. The van der Waals surface area contributed by atoms with Crippen LogP contribution in [-0.2, 0) is 31.5 Å². The average Bonchev–Trinajstić information content (AvgIpc) is 2.92. The number of rotatable bonds is 16. The number of hydrogen-bond acceptors (Lipinski definition) is 9. The first-order valence-corrected chi connectivity index (χ1v) is 15.9. The van der Waals surface area contributed by atoms with E-state index >= 15 is 0 Å². The van der Waals surface area contributed by atoms with Crippen LogP contribution in [0.3, 0.4) is 0 Å². The van der Waals surface area contributed by atoms with Gasteiger partial charge < -0.3 is 19.6 Å². The Balaban J connectivity index is 0.00000484. The first-order chi connectivity index (χ1) is 19.9. The van der Waals surface area contributed by atoms with Crippen LogP contribution in [0.5, 0.6) is 11.5 Å². The molecule has 0 fully saturated rings. The number of nitrogens with two attached hydrogens (primary N) is 1. The largest absolute Gasteiger partial charge is 0.493 e. The van der Waals surface area contributed by atoms with Gasteiger partial charge in [-0.2, -0.15) is 12.7 Å². The number of ether oxygens (including phenoxy) is 1. The summed E-state index contributed by atoms with van der Waals surface area (Å²) in [5, 5.41) is 7.05. The van der Waals surface area contributed by atoms with E-state index in [2.05, 4.69) is 5.48 Å². The number of benzene rings is 3. The summed E-state index contributed by atoms with van der Waals surface area (Å²) in [5.41, 5.74) is 8.80. The zero-order valence-corrected chi connectivity index (χ0v) is 27.9. The van der Waals surface area contributed by atoms with Crippen molar-refractivity contribution in [2.75, 3.05) is 40.4 Å². The van der Waals surface area contributed by atoms with Gasteiger partial charge in [-0.05, 0) is 56.4 Å². The van der Waals surface area contributed by atoms with E-state index in [4.69, 9.17) is 24.9 Å². The fourth-order valence-electron chi connectivity index (χ4n) is 3.86. The highest BCUT2D eigenvalue weighted by molar-refractivity contribution is 7.91. The summed E-state index contributed by atoms with van der Waals surface area (Å²) in [6, 6.07) is 19.2. The van der Waals surface area contributed by atoms with E-state index in [0.29, 0.717) is 24.3 Å². The van der Waals surface area contributed by atoms with Crippen LogP contribution in [0.2, 0.25) is 0 Å². The van der Waals surface area contributed by atoms with Crippen LogP contribution in [-0.4, -0.2) is 72.4 Å². The van der Waals surface area contributed by atoms with Gasteiger partial charge >= 0.3 is 10.1 Å². The van der Waals surface area contributed by atoms with E-state index in [1.165, 1.54) is 40.7 Å². The molecule has 0 saturated carbocycles. The Morgan fingerprint density at radius 3 is 2.11 bits per heavy atom. The van der Waals surface area contributed by atoms with Crippen molar-refractivity contribution in [1.29, 1.82) is 5.41 Å². The van der Waals surface area contributed by atoms with E-state index < -0.39 is 25.0 Å². The lowest BCUT2D eigenvalue weighted by Crippen LogP contribution is -2.37. The summed E-state index contributed by atoms with van der Waals surface area (Å²) in [6.07, 6.45) is 0.460. The summed E-state index contributed by atoms with van der Waals surface area (Å²) in [7, 11) is -5.16. The highest BCUT2D eigenvalue weighted by Gasteiger charge is 2.32. The molecule has 0 amide bonds. The van der Waals surface area contributed by atoms with E-state index in [1.807, 2.05) is 49.3 Å². The number of hydroxylamine groups is 1. The smallest absolute Gasteiger partial charge is 0.340 e. The fourth-order valence-corrected chi connectivity index (χ4v) is 6.97. The normalized spacial score (nSPS) is 11.4. The highest BCUT2D eigenvalue weighted by atomic mass is 35.5. The van der Waals surface area contributed by atoms with Crippen molar-refractivity contribution in [2.45, 2.75) is 29.7 Å². The van der Waals surface area contributed by atoms with E-state index in [9.17, 15) is 16.8 Å². The monoisotopic (exact) mass is 691 g/mol. The van der Waals surface area contributed by atoms with Gasteiger partial charge in [0, 0.05) is 32.1 Å². The number of nitrogens with zero attached hydrogens (tertiary/aromatic N) is 2. The molecule has 0 spiro atoms. The lowest BCUT2D eigenvalue weighted by Gasteiger charge is -2.25. The molecule has 0 heterocycles. The van der Waals surface area contributed by atoms with Gasteiger partial charge in [-0.25, -0.2) is 13.9 Å². The molecule has 0 aliphatic heterocycles. The molecule has 3 aromatic carbocycles. The molecule has 0 atom stereocenters. The number of aryl methyl sites for hydroxylation is 1. The van der Waals surface area contributed by atoms with Crippen LogP contribution >= 0.6 is 24.8 Å². The van der Waals surface area contributed by atoms with Gasteiger partial charge in [-0.1, -0.05) is 42.5 Å². The second kappa shape index (κ2) is 18.0. The first-order valence-electron chi connectivity index (χ1n) is 13.1. The Morgan fingerprint density at radius 2 is 1.48 bits per heavy atom. The van der Waals surface area contributed by atoms with Crippen molar-refractivity contribution in [3.05, 3.63) is 83.9 Å². The maximum absolute atomic E-state index is 13.9. The van der Waals surface area contributed by atoms with E-state index in [-0.39, 0.29) is 67.7 Å². The van der Waals surface area contributed by atoms with Crippen LogP contribution in [0, 0.1) is 12.3 Å². The molecule has 0 saturated heterocycles. The molecule has 4 N–H and O–H groups in total. The van der Waals surface area contributed by atoms with Crippen molar-refractivity contribution in [1.82, 2.24) is 14.7 Å². The summed E-state index contributed by atoms with van der Waals surface area (Å²) < 4.78 is 67.3. The van der Waals surface area contributed by atoms with Crippen LogP contribution < -0.4 is 20.1 Å². The topological polar surface area (TPSA) is 164 Å². The average molecular weight is 693 g/mol. The van der Waals surface area contributed by atoms with Gasteiger partial charge in [0.1, 0.15) is 21.3 Å². The van der Waals surface area contributed by atoms with Gasteiger partial charge in [0.2, 0.25) is 16.0 Å². The van der Waals surface area contributed by atoms with Gasteiger partial charge in [-0.15, -0.1) is 24.8 Å². The third-order valence-electron chi connectivity index (χ3n) is 5.81. The van der Waals surface area contributed by atoms with Gasteiger partial charge in [0.25, 0.3) is 0 Å². The Morgan fingerprint density at radius 1 is 0.864 bits per heavy atom. The summed E-state index contributed by atoms with van der Waals surface area (Å²) in [4.78, 5) is 5.99. The second-order valence-corrected chi connectivity index (χ2v) is 13.1. The zero-order valence-electron chi connectivity index (χ0n) is 24.6. The molecule has 0 aromatic heterocycles. The van der Waals surface area contributed by atoms with Crippen LogP contribution in [0.1, 0.15) is 17.5 Å². The standard InChI is InChI=1S/C28H37N5O7S2.2ClH/c1-22-18-24(38-16-9-17-39-31-28(29)30)20-25(19-22)40-42(36,37)27-13-8-7-12-26(27)41(34,35)33(15-14-32(2)3)21-23-10-5-4-6-11-23;;/h4-8,10-13,18-20H,9,14-17,21H2,1-3H3,(H4,29,30,31);2*1H. The van der Waals surface area contributed by atoms with E-state index in [0.717, 1.165) is 5.56 Å². The van der Waals surface area contributed by atoms with Gasteiger partial charge in [-0.3, -0.25) is 10.2 Å². The molecule has 0 aliphatic rings. The zero-order chi connectivity index (χ0) is 30.8. The molecular formula is C28H39Cl2N5O7S2. The third kappa shape index (κ3) is 11.8. The molecule has 16 heteroatoms. The maximum atomic E-state index is 13.9. The van der Waals surface area contributed by atoms with Crippen molar-refractivity contribution in [2.24, 2.45) is 5.73 Å². The van der Waals surface area contributed by atoms with Crippen molar-refractivity contribution < 1.29 is 30.6 Å². The Kier molecular flexibility index (Phi) is 15.9. The summed E-state index contributed by atoms with van der Waals surface area (Å²) in [6.45, 7) is 2.86. The second-order valence-electron chi connectivity index (χ2n) is 9.66. The molecule has 3 rings (SSSR count). The van der Waals surface area contributed by atoms with Gasteiger partial charge in [0.15, 0.2) is 0 Å². The Bertz CT molecular complexity index is 1560. The number of likely N-dealkylation sites (N-methyl/N-ethyl adjacent to an activating group) is 1. The molecule has 44 heavy (non-hydrogen) atoms. The first kappa shape index (κ1) is 38.9. The van der Waals surface area contributed by atoms with E-state index in [1.54, 1.807) is 13.0 Å². The fraction of sp³-hybridized carbons (Fsp3) is 0.321. The minimum Gasteiger partial charge on any atom is -0.493 e. The predicted molar refractivity (Wildman–Crippen MR) is 174 cm³/mol. The molecule has 0 unspecified atom stereocenters. The minimum atomic E-state index is -4.57. The number of guanidine groups is 1. The molecular weight excluding hydrogens is 653 g/mol. The maximum Gasteiger partial charge on any atom is 0.340 e. The van der Waals surface area contributed by atoms with Crippen LogP contribution in [0.25, 0.3) is 0 Å². The van der Waals surface area contributed by atoms with Crippen LogP contribution in [0.15, 0.2) is 82.6 Å². The van der Waals surface area contributed by atoms with Gasteiger partial charge in [0.05, 0.1) is 13.2 Å². The molecule has 0 bridgehead atoms. The number of hydrogen-bond donors (Lipinski definition) is 3. The number of nitrogens with one attached hydrogen (secondary N) is 2. The van der Waals surface area contributed by atoms with Crippen molar-refractivity contribution in [3.63, 3.8) is 0 Å². The minimum absolute atomic E-state index is 0. The van der Waals surface area contributed by atoms with Crippen LogP contribution in [0.4, 0.5) is 0 Å². The number of halogens is 2.